The van der Waals surface area contributed by atoms with Crippen LogP contribution in [0.4, 0.5) is 4.79 Å². The minimum atomic E-state index is -0.543. The fourth-order valence-electron chi connectivity index (χ4n) is 2.81. The molecule has 2 rings (SSSR count). The van der Waals surface area contributed by atoms with Crippen molar-refractivity contribution in [3.8, 4) is 0 Å². The van der Waals surface area contributed by atoms with Crippen molar-refractivity contribution in [1.82, 2.24) is 4.90 Å². The van der Waals surface area contributed by atoms with Gasteiger partial charge in [-0.3, -0.25) is 9.69 Å². The summed E-state index contributed by atoms with van der Waals surface area (Å²) in [5, 5.41) is 0. The molecule has 0 saturated carbocycles. The first-order valence-electron chi connectivity index (χ1n) is 8.44. The van der Waals surface area contributed by atoms with E-state index in [0.717, 1.165) is 5.57 Å². The molecular formula is C18H27NO5. The van der Waals surface area contributed by atoms with Crippen LogP contribution >= 0.6 is 0 Å². The first kappa shape index (κ1) is 18.4. The molecule has 6 nitrogen and oxygen atoms in total. The van der Waals surface area contributed by atoms with Crippen molar-refractivity contribution in [3.63, 3.8) is 0 Å². The third-order valence-corrected chi connectivity index (χ3v) is 3.95. The predicted octanol–water partition coefficient (Wildman–Crippen LogP) is 3.04. The first-order chi connectivity index (χ1) is 11.2. The summed E-state index contributed by atoms with van der Waals surface area (Å²) in [5.41, 5.74) is 0.373. The van der Waals surface area contributed by atoms with Crippen LogP contribution in [0.2, 0.25) is 0 Å². The van der Waals surface area contributed by atoms with Crippen molar-refractivity contribution in [2.24, 2.45) is 5.92 Å². The summed E-state index contributed by atoms with van der Waals surface area (Å²) in [4.78, 5) is 26.0. The number of hydrogen-bond acceptors (Lipinski definition) is 5. The summed E-state index contributed by atoms with van der Waals surface area (Å²) < 4.78 is 16.3. The molecule has 1 unspecified atom stereocenters. The molecule has 6 heteroatoms. The maximum absolute atomic E-state index is 12.4. The molecule has 1 heterocycles. The van der Waals surface area contributed by atoms with Gasteiger partial charge in [-0.25, -0.2) is 4.79 Å². The van der Waals surface area contributed by atoms with E-state index < -0.39 is 5.60 Å². The molecule has 0 spiro atoms. The molecule has 1 saturated heterocycles. The normalized spacial score (nSPS) is 24.0. The van der Waals surface area contributed by atoms with Crippen molar-refractivity contribution in [1.29, 1.82) is 0 Å². The summed E-state index contributed by atoms with van der Waals surface area (Å²) in [6.07, 6.45) is 3.97. The van der Waals surface area contributed by atoms with Crippen molar-refractivity contribution >= 4 is 12.1 Å². The fraction of sp³-hybridized carbons (Fsp3) is 0.667. The average Bonchev–Trinajstić information content (AvgIpc) is 2.64. The van der Waals surface area contributed by atoms with Gasteiger partial charge in [-0.2, -0.15) is 0 Å². The van der Waals surface area contributed by atoms with Crippen LogP contribution in [0, 0.1) is 5.92 Å². The van der Waals surface area contributed by atoms with Crippen molar-refractivity contribution in [3.05, 3.63) is 23.5 Å². The number of fused-ring (bicyclic) bond motifs is 1. The van der Waals surface area contributed by atoms with Gasteiger partial charge in [-0.05, 0) is 47.1 Å². The number of nitrogens with zero attached hydrogens (tertiary/aromatic N) is 1. The molecule has 1 fully saturated rings. The van der Waals surface area contributed by atoms with Crippen LogP contribution in [-0.2, 0) is 19.0 Å². The van der Waals surface area contributed by atoms with Gasteiger partial charge in [-0.1, -0.05) is 6.08 Å². The molecule has 1 amide bonds. The summed E-state index contributed by atoms with van der Waals surface area (Å²) in [6.45, 7) is 10.4. The zero-order valence-corrected chi connectivity index (χ0v) is 15.1. The molecule has 1 aliphatic carbocycles. The highest BCUT2D eigenvalue weighted by molar-refractivity contribution is 5.76. The molecule has 2 aliphatic rings. The van der Waals surface area contributed by atoms with Gasteiger partial charge < -0.3 is 14.2 Å². The summed E-state index contributed by atoms with van der Waals surface area (Å²) in [7, 11) is 0. The van der Waals surface area contributed by atoms with E-state index in [4.69, 9.17) is 14.2 Å². The molecule has 24 heavy (non-hydrogen) atoms. The maximum atomic E-state index is 12.4. The van der Waals surface area contributed by atoms with Crippen molar-refractivity contribution in [2.75, 3.05) is 19.8 Å². The van der Waals surface area contributed by atoms with Crippen LogP contribution in [0.1, 0.15) is 41.0 Å². The molecule has 134 valence electrons. The van der Waals surface area contributed by atoms with E-state index in [9.17, 15) is 9.59 Å². The lowest BCUT2D eigenvalue weighted by atomic mass is 9.92. The van der Waals surface area contributed by atoms with E-state index in [1.165, 1.54) is 0 Å². The largest absolute Gasteiger partial charge is 0.492 e. The summed E-state index contributed by atoms with van der Waals surface area (Å²) in [5.74, 6) is 0.0895. The number of carbonyl (C=O) groups is 2. The topological polar surface area (TPSA) is 65.1 Å². The van der Waals surface area contributed by atoms with E-state index in [1.807, 2.05) is 39.8 Å². The molecular weight excluding hydrogens is 310 g/mol. The number of rotatable bonds is 2. The zero-order valence-electron chi connectivity index (χ0n) is 15.1. The smallest absolute Gasteiger partial charge is 0.410 e. The van der Waals surface area contributed by atoms with E-state index >= 15 is 0 Å². The highest BCUT2D eigenvalue weighted by Crippen LogP contribution is 2.31. The van der Waals surface area contributed by atoms with Crippen molar-refractivity contribution < 1.29 is 23.8 Å². The lowest BCUT2D eigenvalue weighted by molar-refractivity contribution is -0.146. The van der Waals surface area contributed by atoms with Crippen LogP contribution in [0.15, 0.2) is 23.5 Å². The van der Waals surface area contributed by atoms with E-state index in [-0.39, 0.29) is 24.0 Å². The molecule has 0 aromatic rings. The lowest BCUT2D eigenvalue weighted by Crippen LogP contribution is -2.43. The quantitative estimate of drug-likeness (QED) is 0.725. The number of hydrogen-bond donors (Lipinski definition) is 0. The Kier molecular flexibility index (Phi) is 5.57. The average molecular weight is 337 g/mol. The molecule has 0 aromatic carbocycles. The summed E-state index contributed by atoms with van der Waals surface area (Å²) >= 11 is 0. The van der Waals surface area contributed by atoms with E-state index in [2.05, 4.69) is 0 Å². The number of carbonyl (C=O) groups excluding carboxylic acids is 2. The Morgan fingerprint density at radius 3 is 2.71 bits per heavy atom. The fourth-order valence-corrected chi connectivity index (χ4v) is 2.81. The van der Waals surface area contributed by atoms with Gasteiger partial charge in [-0.15, -0.1) is 0 Å². The Balaban J connectivity index is 2.15. The number of esters is 1. The Hall–Kier alpha value is -1.98. The second-order valence-corrected chi connectivity index (χ2v) is 6.98. The minimum Gasteiger partial charge on any atom is -0.492 e. The van der Waals surface area contributed by atoms with Gasteiger partial charge in [0.1, 0.15) is 18.0 Å². The Labute approximate surface area is 143 Å². The summed E-state index contributed by atoms with van der Waals surface area (Å²) in [6, 6.07) is -0.170. The van der Waals surface area contributed by atoms with Crippen LogP contribution in [0.3, 0.4) is 0 Å². The SMILES string of the molecule is CCOC(=O)C1C=C2OCCN(C(=O)OC(C)(C)C)[C@H](C)C2=CC1. The minimum absolute atomic E-state index is 0.170. The second kappa shape index (κ2) is 7.28. The van der Waals surface area contributed by atoms with Gasteiger partial charge in [0.15, 0.2) is 0 Å². The van der Waals surface area contributed by atoms with Crippen LogP contribution in [-0.4, -0.2) is 48.4 Å². The number of amides is 1. The Morgan fingerprint density at radius 2 is 2.08 bits per heavy atom. The monoisotopic (exact) mass is 337 g/mol. The number of allylic oxidation sites excluding steroid dienone is 1. The Bertz CT molecular complexity index is 558. The lowest BCUT2D eigenvalue weighted by Gasteiger charge is -2.31. The molecule has 0 bridgehead atoms. The predicted molar refractivity (Wildman–Crippen MR) is 89.3 cm³/mol. The third kappa shape index (κ3) is 4.30. The highest BCUT2D eigenvalue weighted by Gasteiger charge is 2.34. The van der Waals surface area contributed by atoms with Gasteiger partial charge in [0, 0.05) is 5.57 Å². The van der Waals surface area contributed by atoms with Crippen LogP contribution in [0.25, 0.3) is 0 Å². The Morgan fingerprint density at radius 1 is 1.38 bits per heavy atom. The van der Waals surface area contributed by atoms with E-state index in [0.29, 0.717) is 31.9 Å². The molecule has 0 radical (unpaired) electrons. The first-order valence-corrected chi connectivity index (χ1v) is 8.44. The molecule has 2 atom stereocenters. The highest BCUT2D eigenvalue weighted by atomic mass is 16.6. The van der Waals surface area contributed by atoms with Crippen molar-refractivity contribution in [2.45, 2.75) is 52.7 Å². The molecule has 1 aliphatic heterocycles. The second-order valence-electron chi connectivity index (χ2n) is 6.98. The van der Waals surface area contributed by atoms with Crippen LogP contribution < -0.4 is 0 Å². The zero-order chi connectivity index (χ0) is 17.9. The van der Waals surface area contributed by atoms with Gasteiger partial charge in [0.2, 0.25) is 0 Å². The standard InChI is InChI=1S/C18H27NO5/c1-6-22-16(20)13-7-8-14-12(2)19(9-10-23-15(14)11-13)17(21)24-18(3,4)5/h8,11-13H,6-7,9-10H2,1-5H3/t12-,13?/m1/s1. The van der Waals surface area contributed by atoms with Gasteiger partial charge >= 0.3 is 12.1 Å². The third-order valence-electron chi connectivity index (χ3n) is 3.95. The van der Waals surface area contributed by atoms with E-state index in [1.54, 1.807) is 11.8 Å². The number of ether oxygens (including phenoxy) is 3. The van der Waals surface area contributed by atoms with Gasteiger partial charge in [0.05, 0.1) is 25.1 Å². The van der Waals surface area contributed by atoms with Gasteiger partial charge in [0.25, 0.3) is 0 Å². The maximum Gasteiger partial charge on any atom is 0.410 e. The molecule has 0 N–H and O–H groups in total. The molecule has 0 aromatic heterocycles. The van der Waals surface area contributed by atoms with Crippen LogP contribution in [0.5, 0.6) is 0 Å².